The third-order valence-electron chi connectivity index (χ3n) is 2.53. The Bertz CT molecular complexity index is 388. The first kappa shape index (κ1) is 14.3. The monoisotopic (exact) mass is 251 g/mol. The normalized spacial score (nSPS) is 10.1. The molecule has 1 aromatic carbocycles. The van der Waals surface area contributed by atoms with Crippen molar-refractivity contribution < 1.29 is 19.8 Å². The molecule has 0 radical (unpaired) electrons. The molecule has 0 aliphatic carbocycles. The van der Waals surface area contributed by atoms with Crippen molar-refractivity contribution in [3.8, 4) is 0 Å². The Kier molecular flexibility index (Phi) is 6.04. The van der Waals surface area contributed by atoms with Crippen molar-refractivity contribution in [2.75, 3.05) is 18.1 Å². The number of hydrogen-bond acceptors (Lipinski definition) is 4. The molecule has 1 rings (SSSR count). The van der Waals surface area contributed by atoms with Gasteiger partial charge >= 0.3 is 0 Å². The van der Waals surface area contributed by atoms with E-state index in [0.29, 0.717) is 12.0 Å². The summed E-state index contributed by atoms with van der Waals surface area (Å²) in [4.78, 5) is 23.6. The van der Waals surface area contributed by atoms with Crippen LogP contribution in [0.3, 0.4) is 0 Å². The average molecular weight is 251 g/mol. The van der Waals surface area contributed by atoms with Gasteiger partial charge in [-0.05, 0) is 17.7 Å². The molecular weight excluding hydrogens is 234 g/mol. The molecule has 5 nitrogen and oxygen atoms in total. The number of aldehydes is 1. The second-order valence-electron chi connectivity index (χ2n) is 3.80. The highest BCUT2D eigenvalue weighted by molar-refractivity contribution is 5.94. The minimum atomic E-state index is -0.201. The number of hydrogen-bond donors (Lipinski definition) is 2. The highest BCUT2D eigenvalue weighted by Crippen LogP contribution is 2.16. The number of amides is 1. The summed E-state index contributed by atoms with van der Waals surface area (Å²) < 4.78 is 0. The largest absolute Gasteiger partial charge is 0.395 e. The minimum Gasteiger partial charge on any atom is -0.395 e. The molecule has 0 fully saturated rings. The van der Waals surface area contributed by atoms with Crippen LogP contribution in [0.5, 0.6) is 0 Å². The van der Waals surface area contributed by atoms with E-state index >= 15 is 0 Å². The summed E-state index contributed by atoms with van der Waals surface area (Å²) in [6.07, 6.45) is 1.00. The van der Waals surface area contributed by atoms with Crippen LogP contribution in [0.2, 0.25) is 0 Å². The maximum atomic E-state index is 11.9. The van der Waals surface area contributed by atoms with Crippen LogP contribution in [0.15, 0.2) is 24.3 Å². The molecule has 1 aromatic rings. The minimum absolute atomic E-state index is 0.0562. The lowest BCUT2D eigenvalue weighted by Gasteiger charge is -2.21. The second-order valence-corrected chi connectivity index (χ2v) is 3.80. The van der Waals surface area contributed by atoms with Crippen LogP contribution in [0.1, 0.15) is 18.4 Å². The molecule has 0 aliphatic rings. The first-order chi connectivity index (χ1) is 8.72. The van der Waals surface area contributed by atoms with Crippen LogP contribution < -0.4 is 4.90 Å². The molecule has 0 atom stereocenters. The third-order valence-corrected chi connectivity index (χ3v) is 2.53. The van der Waals surface area contributed by atoms with Gasteiger partial charge in [0, 0.05) is 25.1 Å². The van der Waals surface area contributed by atoms with Crippen molar-refractivity contribution in [1.29, 1.82) is 0 Å². The molecule has 98 valence electrons. The molecule has 18 heavy (non-hydrogen) atoms. The summed E-state index contributed by atoms with van der Waals surface area (Å²) in [6, 6.07) is 6.85. The first-order valence-electron chi connectivity index (χ1n) is 5.77. The van der Waals surface area contributed by atoms with E-state index in [9.17, 15) is 9.59 Å². The van der Waals surface area contributed by atoms with Gasteiger partial charge in [0.2, 0.25) is 5.91 Å². The van der Waals surface area contributed by atoms with Crippen molar-refractivity contribution in [2.24, 2.45) is 0 Å². The molecule has 5 heteroatoms. The van der Waals surface area contributed by atoms with E-state index in [1.54, 1.807) is 24.3 Å². The Morgan fingerprint density at radius 3 is 2.39 bits per heavy atom. The maximum Gasteiger partial charge on any atom is 0.227 e. The number of carbonyl (C=O) groups is 2. The van der Waals surface area contributed by atoms with Crippen LogP contribution >= 0.6 is 0 Å². The van der Waals surface area contributed by atoms with E-state index in [2.05, 4.69) is 0 Å². The van der Waals surface area contributed by atoms with Crippen LogP contribution in [0.4, 0.5) is 5.69 Å². The molecular formula is C13H17NO4. The lowest BCUT2D eigenvalue weighted by atomic mass is 10.2. The molecule has 1 amide bonds. The molecule has 0 bridgehead atoms. The van der Waals surface area contributed by atoms with Crippen LogP contribution in [0, 0.1) is 0 Å². The van der Waals surface area contributed by atoms with Gasteiger partial charge in [-0.15, -0.1) is 0 Å². The number of aliphatic hydroxyl groups is 2. The zero-order chi connectivity index (χ0) is 13.4. The zero-order valence-electron chi connectivity index (χ0n) is 10.1. The fourth-order valence-corrected chi connectivity index (χ4v) is 1.60. The van der Waals surface area contributed by atoms with Crippen LogP contribution in [-0.4, -0.2) is 35.6 Å². The van der Waals surface area contributed by atoms with Gasteiger partial charge in [0.25, 0.3) is 0 Å². The molecule has 0 aromatic heterocycles. The summed E-state index contributed by atoms with van der Waals surface area (Å²) in [7, 11) is 0. The van der Waals surface area contributed by atoms with Crippen LogP contribution in [-0.2, 0) is 16.2 Å². The average Bonchev–Trinajstić information content (AvgIpc) is 2.42. The molecule has 0 spiro atoms. The highest BCUT2D eigenvalue weighted by Gasteiger charge is 2.14. The van der Waals surface area contributed by atoms with Gasteiger partial charge in [-0.2, -0.15) is 0 Å². The number of carbonyl (C=O) groups excluding carboxylic acids is 2. The number of benzene rings is 1. The van der Waals surface area contributed by atoms with Crippen molar-refractivity contribution in [3.05, 3.63) is 29.8 Å². The summed E-state index contributed by atoms with van der Waals surface area (Å²) in [5.41, 5.74) is 1.40. The van der Waals surface area contributed by atoms with Gasteiger partial charge in [-0.25, -0.2) is 0 Å². The number of nitrogens with zero attached hydrogens (tertiary/aromatic N) is 1. The summed E-state index contributed by atoms with van der Waals surface area (Å²) in [5.74, 6) is -0.201. The molecule has 0 aliphatic heterocycles. The van der Waals surface area contributed by atoms with Crippen molar-refractivity contribution in [2.45, 2.75) is 19.4 Å². The van der Waals surface area contributed by atoms with Gasteiger partial charge in [0.05, 0.1) is 13.2 Å². The first-order valence-corrected chi connectivity index (χ1v) is 5.77. The topological polar surface area (TPSA) is 77.8 Å². The lowest BCUT2D eigenvalue weighted by Crippen LogP contribution is -2.33. The Labute approximate surface area is 106 Å². The molecule has 0 heterocycles. The molecule has 0 unspecified atom stereocenters. The van der Waals surface area contributed by atoms with Crippen molar-refractivity contribution in [1.82, 2.24) is 0 Å². The number of rotatable bonds is 7. The van der Waals surface area contributed by atoms with Gasteiger partial charge in [-0.1, -0.05) is 12.1 Å². The maximum absolute atomic E-state index is 11.9. The quantitative estimate of drug-likeness (QED) is 0.691. The smallest absolute Gasteiger partial charge is 0.227 e. The van der Waals surface area contributed by atoms with E-state index in [0.717, 1.165) is 5.56 Å². The van der Waals surface area contributed by atoms with Gasteiger partial charge < -0.3 is 19.9 Å². The Balaban J connectivity index is 2.81. The van der Waals surface area contributed by atoms with E-state index in [1.807, 2.05) is 0 Å². The summed E-state index contributed by atoms with van der Waals surface area (Å²) >= 11 is 0. The fraction of sp³-hybridized carbons (Fsp3) is 0.385. The van der Waals surface area contributed by atoms with Crippen molar-refractivity contribution in [3.63, 3.8) is 0 Å². The lowest BCUT2D eigenvalue weighted by molar-refractivity contribution is -0.120. The molecule has 0 saturated heterocycles. The van der Waals surface area contributed by atoms with E-state index in [4.69, 9.17) is 10.2 Å². The predicted molar refractivity (Wildman–Crippen MR) is 67.1 cm³/mol. The standard InChI is InChI=1S/C13H17NO4/c15-8-1-2-13(18)14(7-9-16)12-5-3-11(10-17)4-6-12/h3-6,8,16-17H,1-2,7,9-10H2. The summed E-state index contributed by atoms with van der Waals surface area (Å²) in [5, 5.41) is 17.9. The second kappa shape index (κ2) is 7.58. The molecule has 2 N–H and O–H groups in total. The van der Waals surface area contributed by atoms with Gasteiger partial charge in [-0.3, -0.25) is 4.79 Å². The Hall–Kier alpha value is -1.72. The zero-order valence-corrected chi connectivity index (χ0v) is 10.1. The van der Waals surface area contributed by atoms with E-state index < -0.39 is 0 Å². The third kappa shape index (κ3) is 3.94. The highest BCUT2D eigenvalue weighted by atomic mass is 16.3. The number of anilines is 1. The molecule has 0 saturated carbocycles. The Morgan fingerprint density at radius 2 is 1.89 bits per heavy atom. The van der Waals surface area contributed by atoms with Crippen LogP contribution in [0.25, 0.3) is 0 Å². The van der Waals surface area contributed by atoms with Gasteiger partial charge in [0.15, 0.2) is 0 Å². The van der Waals surface area contributed by atoms with E-state index in [-0.39, 0.29) is 38.5 Å². The van der Waals surface area contributed by atoms with E-state index in [1.165, 1.54) is 4.90 Å². The fourth-order valence-electron chi connectivity index (χ4n) is 1.60. The van der Waals surface area contributed by atoms with Gasteiger partial charge in [0.1, 0.15) is 6.29 Å². The summed E-state index contributed by atoms with van der Waals surface area (Å²) in [6.45, 7) is -0.00981. The predicted octanol–water partition coefficient (Wildman–Crippen LogP) is 0.483. The van der Waals surface area contributed by atoms with Crippen molar-refractivity contribution >= 4 is 17.9 Å². The number of aliphatic hydroxyl groups excluding tert-OH is 2. The SMILES string of the molecule is O=CCCC(=O)N(CCO)c1ccc(CO)cc1. The Morgan fingerprint density at radius 1 is 1.22 bits per heavy atom.